The number of aliphatic hydroxyl groups is 2. The van der Waals surface area contributed by atoms with Gasteiger partial charge in [-0.3, -0.25) is 9.59 Å². The number of ether oxygens (including phenoxy) is 1. The molecule has 0 radical (unpaired) electrons. The van der Waals surface area contributed by atoms with Crippen LogP contribution >= 0.6 is 0 Å². The molecule has 0 aromatic carbocycles. The van der Waals surface area contributed by atoms with Gasteiger partial charge in [0, 0.05) is 12.8 Å². The van der Waals surface area contributed by atoms with Gasteiger partial charge in [-0.25, -0.2) is 0 Å². The molecule has 390 valence electrons. The standard InChI is InChI=1S/C60H115NO5/c1-3-5-7-9-11-13-15-17-18-19-20-21-22-23-24-25-26-27-29-32-36-40-44-48-52-58(63)57(56-62)61-59(64)53-49-45-41-37-33-30-31-35-39-43-47-51-55-66-60(65)54-50-46-42-38-34-28-16-14-12-10-8-6-4-2/h14,16,48,52,57-58,62-63H,3-13,15,17-47,49-51,53-56H2,1-2H3,(H,61,64)/b16-14-,52-48+. The predicted octanol–water partition coefficient (Wildman–Crippen LogP) is 18.2. The van der Waals surface area contributed by atoms with Crippen LogP contribution in [-0.4, -0.2) is 47.4 Å². The molecule has 0 heterocycles. The topological polar surface area (TPSA) is 95.9 Å². The number of nitrogens with one attached hydrogen (secondary N) is 1. The molecule has 0 aliphatic rings. The highest BCUT2D eigenvalue weighted by Crippen LogP contribution is 2.17. The minimum absolute atomic E-state index is 0.0194. The molecule has 6 nitrogen and oxygen atoms in total. The summed E-state index contributed by atoms with van der Waals surface area (Å²) in [5.74, 6) is -0.100. The molecule has 0 aliphatic carbocycles. The van der Waals surface area contributed by atoms with Gasteiger partial charge in [-0.15, -0.1) is 0 Å². The number of amides is 1. The average Bonchev–Trinajstić information content (AvgIpc) is 3.32. The SMILES string of the molecule is CCCCCC/C=C\CCCCCCCC(=O)OCCCCCCCCCCCCCCC(=O)NC(CO)C(O)/C=C/CCCCCCCCCCCCCCCCCCCCCCCC. The minimum atomic E-state index is -0.856. The molecule has 0 aliphatic heterocycles. The maximum Gasteiger partial charge on any atom is 0.305 e. The molecule has 0 fully saturated rings. The van der Waals surface area contributed by atoms with Crippen LogP contribution in [-0.2, 0) is 14.3 Å². The lowest BCUT2D eigenvalue weighted by atomic mass is 10.0. The van der Waals surface area contributed by atoms with Gasteiger partial charge in [0.2, 0.25) is 5.91 Å². The summed E-state index contributed by atoms with van der Waals surface area (Å²) in [6.45, 7) is 4.87. The van der Waals surface area contributed by atoms with Gasteiger partial charge in [-0.1, -0.05) is 276 Å². The fourth-order valence-electron chi connectivity index (χ4n) is 9.16. The molecular weight excluding hydrogens is 815 g/mol. The quantitative estimate of drug-likeness (QED) is 0.0321. The minimum Gasteiger partial charge on any atom is -0.466 e. The molecule has 1 amide bonds. The maximum atomic E-state index is 12.5. The zero-order valence-corrected chi connectivity index (χ0v) is 44.4. The molecule has 0 rings (SSSR count). The first-order valence-electron chi connectivity index (χ1n) is 29.6. The molecule has 0 spiro atoms. The van der Waals surface area contributed by atoms with E-state index in [9.17, 15) is 19.8 Å². The van der Waals surface area contributed by atoms with Crippen LogP contribution in [0.4, 0.5) is 0 Å². The van der Waals surface area contributed by atoms with E-state index in [1.165, 1.54) is 238 Å². The summed E-state index contributed by atoms with van der Waals surface area (Å²) in [5.41, 5.74) is 0. The lowest BCUT2D eigenvalue weighted by molar-refractivity contribution is -0.143. The Hall–Kier alpha value is -1.66. The smallest absolute Gasteiger partial charge is 0.305 e. The summed E-state index contributed by atoms with van der Waals surface area (Å²) in [7, 11) is 0. The van der Waals surface area contributed by atoms with Crippen molar-refractivity contribution in [3.05, 3.63) is 24.3 Å². The lowest BCUT2D eigenvalue weighted by Crippen LogP contribution is -2.45. The second kappa shape index (κ2) is 55.9. The first-order valence-corrected chi connectivity index (χ1v) is 29.6. The van der Waals surface area contributed by atoms with Crippen molar-refractivity contribution < 1.29 is 24.5 Å². The fourth-order valence-corrected chi connectivity index (χ4v) is 9.16. The molecule has 3 N–H and O–H groups in total. The van der Waals surface area contributed by atoms with E-state index in [0.29, 0.717) is 19.4 Å². The summed E-state index contributed by atoms with van der Waals surface area (Å²) in [6, 6.07) is -0.641. The Morgan fingerprint density at radius 2 is 0.712 bits per heavy atom. The lowest BCUT2D eigenvalue weighted by Gasteiger charge is -2.20. The van der Waals surface area contributed by atoms with Crippen molar-refractivity contribution in [2.75, 3.05) is 13.2 Å². The van der Waals surface area contributed by atoms with E-state index in [-0.39, 0.29) is 18.5 Å². The number of unbranched alkanes of at least 4 members (excludes halogenated alkanes) is 42. The van der Waals surface area contributed by atoms with Crippen molar-refractivity contribution in [1.29, 1.82) is 0 Å². The second-order valence-electron chi connectivity index (χ2n) is 20.3. The van der Waals surface area contributed by atoms with E-state index in [1.54, 1.807) is 6.08 Å². The monoisotopic (exact) mass is 930 g/mol. The van der Waals surface area contributed by atoms with Crippen molar-refractivity contribution in [3.63, 3.8) is 0 Å². The number of carbonyl (C=O) groups excluding carboxylic acids is 2. The first kappa shape index (κ1) is 64.3. The summed E-state index contributed by atoms with van der Waals surface area (Å²) in [5, 5.41) is 23.2. The van der Waals surface area contributed by atoms with Gasteiger partial charge in [0.15, 0.2) is 0 Å². The number of allylic oxidation sites excluding steroid dienone is 3. The van der Waals surface area contributed by atoms with Gasteiger partial charge in [-0.2, -0.15) is 0 Å². The molecule has 0 aromatic heterocycles. The second-order valence-corrected chi connectivity index (χ2v) is 20.3. The van der Waals surface area contributed by atoms with E-state index in [2.05, 4.69) is 31.3 Å². The Balaban J connectivity index is 3.49. The highest BCUT2D eigenvalue weighted by Gasteiger charge is 2.18. The molecule has 0 saturated carbocycles. The number of rotatable bonds is 55. The van der Waals surface area contributed by atoms with Crippen molar-refractivity contribution >= 4 is 11.9 Å². The molecular formula is C60H115NO5. The number of carbonyl (C=O) groups is 2. The molecule has 0 bridgehead atoms. The Kier molecular flexibility index (Phi) is 54.5. The van der Waals surface area contributed by atoms with E-state index in [0.717, 1.165) is 57.8 Å². The van der Waals surface area contributed by atoms with Gasteiger partial charge in [0.25, 0.3) is 0 Å². The third kappa shape index (κ3) is 51.7. The van der Waals surface area contributed by atoms with E-state index < -0.39 is 12.1 Å². The highest BCUT2D eigenvalue weighted by atomic mass is 16.5. The molecule has 0 saturated heterocycles. The number of aliphatic hydroxyl groups excluding tert-OH is 2. The number of hydrogen-bond donors (Lipinski definition) is 3. The van der Waals surface area contributed by atoms with Crippen molar-refractivity contribution in [1.82, 2.24) is 5.32 Å². The fraction of sp³-hybridized carbons (Fsp3) is 0.900. The summed E-state index contributed by atoms with van der Waals surface area (Å²) in [6.07, 6.45) is 67.7. The van der Waals surface area contributed by atoms with Crippen LogP contribution in [0, 0.1) is 0 Å². The number of hydrogen-bond acceptors (Lipinski definition) is 5. The molecule has 2 unspecified atom stereocenters. The van der Waals surface area contributed by atoms with Gasteiger partial charge < -0.3 is 20.3 Å². The molecule has 0 aromatic rings. The largest absolute Gasteiger partial charge is 0.466 e. The third-order valence-corrected chi connectivity index (χ3v) is 13.7. The van der Waals surface area contributed by atoms with Crippen LogP contribution in [0.2, 0.25) is 0 Å². The average molecular weight is 931 g/mol. The van der Waals surface area contributed by atoms with Crippen molar-refractivity contribution in [2.24, 2.45) is 0 Å². The molecule has 2 atom stereocenters. The van der Waals surface area contributed by atoms with Crippen LogP contribution in [0.25, 0.3) is 0 Å². The highest BCUT2D eigenvalue weighted by molar-refractivity contribution is 5.76. The van der Waals surface area contributed by atoms with E-state index in [1.807, 2.05) is 6.08 Å². The van der Waals surface area contributed by atoms with Gasteiger partial charge in [0.05, 0.1) is 25.4 Å². The summed E-state index contributed by atoms with van der Waals surface area (Å²) < 4.78 is 5.46. The number of esters is 1. The summed E-state index contributed by atoms with van der Waals surface area (Å²) in [4.78, 5) is 24.5. The zero-order valence-electron chi connectivity index (χ0n) is 44.4. The Morgan fingerprint density at radius 3 is 1.09 bits per heavy atom. The normalized spacial score (nSPS) is 12.7. The predicted molar refractivity (Wildman–Crippen MR) is 287 cm³/mol. The summed E-state index contributed by atoms with van der Waals surface area (Å²) >= 11 is 0. The van der Waals surface area contributed by atoms with Crippen molar-refractivity contribution in [3.8, 4) is 0 Å². The van der Waals surface area contributed by atoms with E-state index >= 15 is 0 Å². The zero-order chi connectivity index (χ0) is 47.9. The van der Waals surface area contributed by atoms with Crippen LogP contribution in [0.15, 0.2) is 24.3 Å². The van der Waals surface area contributed by atoms with Gasteiger partial charge >= 0.3 is 5.97 Å². The maximum absolute atomic E-state index is 12.5. The Morgan fingerprint density at radius 1 is 0.409 bits per heavy atom. The molecule has 6 heteroatoms. The van der Waals surface area contributed by atoms with Crippen LogP contribution in [0.3, 0.4) is 0 Å². The molecule has 66 heavy (non-hydrogen) atoms. The van der Waals surface area contributed by atoms with Crippen LogP contribution < -0.4 is 5.32 Å². The Bertz CT molecular complexity index is 1030. The third-order valence-electron chi connectivity index (χ3n) is 13.7. The Labute approximate surface area is 411 Å². The van der Waals surface area contributed by atoms with E-state index in [4.69, 9.17) is 4.74 Å². The van der Waals surface area contributed by atoms with Crippen LogP contribution in [0.5, 0.6) is 0 Å². The van der Waals surface area contributed by atoms with Crippen molar-refractivity contribution in [2.45, 2.75) is 334 Å². The van der Waals surface area contributed by atoms with Crippen LogP contribution in [0.1, 0.15) is 322 Å². The van der Waals surface area contributed by atoms with Gasteiger partial charge in [-0.05, 0) is 57.8 Å². The van der Waals surface area contributed by atoms with Gasteiger partial charge in [0.1, 0.15) is 0 Å². The first-order chi connectivity index (χ1) is 32.5.